The van der Waals surface area contributed by atoms with Gasteiger partial charge in [0.05, 0.1) is 0 Å². The van der Waals surface area contributed by atoms with Crippen molar-refractivity contribution in [1.29, 1.82) is 0 Å². The minimum absolute atomic E-state index is 1.14. The number of fused-ring (bicyclic) bond motifs is 6. The van der Waals surface area contributed by atoms with Gasteiger partial charge in [-0.2, -0.15) is 0 Å². The van der Waals surface area contributed by atoms with E-state index in [1.807, 2.05) is 6.07 Å². The normalized spacial score (nSPS) is 11.5. The van der Waals surface area contributed by atoms with Crippen LogP contribution in [-0.2, 0) is 0 Å². The second-order valence-electron chi connectivity index (χ2n) is 6.04. The van der Waals surface area contributed by atoms with E-state index in [1.54, 1.807) is 0 Å². The summed E-state index contributed by atoms with van der Waals surface area (Å²) in [6.07, 6.45) is 4.48. The summed E-state index contributed by atoms with van der Waals surface area (Å²) in [5.41, 5.74) is 1.18. The number of benzene rings is 4. The Bertz CT molecular complexity index is 1200. The monoisotopic (exact) mass is 371 g/mol. The predicted octanol–water partition coefficient (Wildman–Crippen LogP) is 6.70. The van der Waals surface area contributed by atoms with Crippen molar-refractivity contribution in [3.05, 3.63) is 89.7 Å². The highest BCUT2D eigenvalue weighted by Crippen LogP contribution is 2.39. The smallest absolute Gasteiger partial charge is 0.0449 e. The van der Waals surface area contributed by atoms with Gasteiger partial charge in [-0.25, -0.2) is 0 Å². The lowest BCUT2D eigenvalue weighted by Crippen LogP contribution is -1.87. The van der Waals surface area contributed by atoms with Crippen molar-refractivity contribution < 1.29 is 0 Å². The molecule has 0 aliphatic rings. The van der Waals surface area contributed by atoms with Gasteiger partial charge < -0.3 is 4.57 Å². The molecule has 0 fully saturated rings. The molecule has 1 aromatic heterocycles. The molecule has 0 aliphatic heterocycles. The Hall–Kier alpha value is -2.58. The highest BCUT2D eigenvalue weighted by Gasteiger charge is 2.12. The molecule has 5 rings (SSSR count). The molecule has 0 saturated carbocycles. The van der Waals surface area contributed by atoms with E-state index in [4.69, 9.17) is 0 Å². The summed E-state index contributed by atoms with van der Waals surface area (Å²) >= 11 is 3.76. The van der Waals surface area contributed by atoms with Crippen molar-refractivity contribution in [3.8, 4) is 5.69 Å². The van der Waals surface area contributed by atoms with Crippen LogP contribution in [0.4, 0.5) is 0 Å². The lowest BCUT2D eigenvalue weighted by Gasteiger charge is -2.08. The van der Waals surface area contributed by atoms with Crippen LogP contribution in [0, 0.1) is 0 Å². The van der Waals surface area contributed by atoms with E-state index in [9.17, 15) is 0 Å². The van der Waals surface area contributed by atoms with Crippen LogP contribution in [0.1, 0.15) is 0 Å². The molecule has 1 nitrogen and oxygen atoms in total. The van der Waals surface area contributed by atoms with Crippen molar-refractivity contribution in [2.24, 2.45) is 0 Å². The van der Waals surface area contributed by atoms with Gasteiger partial charge in [0.2, 0.25) is 0 Å². The van der Waals surface area contributed by atoms with Gasteiger partial charge in [0.1, 0.15) is 0 Å². The van der Waals surface area contributed by atoms with E-state index >= 15 is 0 Å². The molecule has 0 unspecified atom stereocenters. The molecule has 24 heavy (non-hydrogen) atoms. The summed E-state index contributed by atoms with van der Waals surface area (Å²) in [6, 6.07) is 25.6. The molecule has 0 spiro atoms. The van der Waals surface area contributed by atoms with Gasteiger partial charge in [0, 0.05) is 38.7 Å². The number of para-hydroxylation sites is 1. The molecule has 0 atom stereocenters. The number of rotatable bonds is 1. The summed E-state index contributed by atoms with van der Waals surface area (Å²) in [5, 5.41) is 7.73. The van der Waals surface area contributed by atoms with Gasteiger partial charge in [-0.3, -0.25) is 0 Å². The van der Waals surface area contributed by atoms with Crippen molar-refractivity contribution in [2.75, 3.05) is 0 Å². The maximum absolute atomic E-state index is 3.76. The number of halogens is 1. The third kappa shape index (κ3) is 1.93. The van der Waals surface area contributed by atoms with E-state index < -0.39 is 0 Å². The minimum atomic E-state index is 1.14. The second kappa shape index (κ2) is 5.22. The van der Waals surface area contributed by atoms with E-state index in [0.717, 1.165) is 4.47 Å². The van der Waals surface area contributed by atoms with E-state index in [0.29, 0.717) is 0 Å². The summed E-state index contributed by atoms with van der Waals surface area (Å²) in [6.45, 7) is 0. The molecule has 0 N–H and O–H groups in total. The molecule has 5 aromatic rings. The van der Waals surface area contributed by atoms with Crippen LogP contribution in [0.5, 0.6) is 0 Å². The lowest BCUT2D eigenvalue weighted by molar-refractivity contribution is 1.09. The fourth-order valence-electron chi connectivity index (χ4n) is 3.59. The van der Waals surface area contributed by atoms with Crippen LogP contribution in [0.3, 0.4) is 0 Å². The van der Waals surface area contributed by atoms with Gasteiger partial charge in [0.25, 0.3) is 0 Å². The average Bonchev–Trinajstić information content (AvgIpc) is 3.08. The molecule has 0 amide bonds. The Kier molecular flexibility index (Phi) is 3.00. The van der Waals surface area contributed by atoms with Crippen molar-refractivity contribution in [3.63, 3.8) is 0 Å². The first-order valence-electron chi connectivity index (χ1n) is 7.99. The number of hydrogen-bond donors (Lipinski definition) is 0. The Balaban J connectivity index is 2.02. The van der Waals surface area contributed by atoms with Gasteiger partial charge in [0.15, 0.2) is 0 Å². The molecular formula is C22H14BrN. The SMILES string of the molecule is Brc1cccc2c3ccccc3c3cn(-c4ccccc4)cc3c12. The summed E-state index contributed by atoms with van der Waals surface area (Å²) in [5.74, 6) is 0. The van der Waals surface area contributed by atoms with Crippen LogP contribution in [-0.4, -0.2) is 4.57 Å². The Morgan fingerprint density at radius 1 is 0.542 bits per heavy atom. The highest BCUT2D eigenvalue weighted by atomic mass is 79.9. The Morgan fingerprint density at radius 3 is 1.96 bits per heavy atom. The van der Waals surface area contributed by atoms with Crippen LogP contribution in [0.25, 0.3) is 38.0 Å². The first kappa shape index (κ1) is 13.8. The molecule has 2 heteroatoms. The maximum atomic E-state index is 3.76. The summed E-state index contributed by atoms with van der Waals surface area (Å²) < 4.78 is 3.36. The van der Waals surface area contributed by atoms with Crippen molar-refractivity contribution >= 4 is 48.2 Å². The third-order valence-corrected chi connectivity index (χ3v) is 5.33. The van der Waals surface area contributed by atoms with E-state index in [-0.39, 0.29) is 0 Å². The highest BCUT2D eigenvalue weighted by molar-refractivity contribution is 9.10. The fraction of sp³-hybridized carbons (Fsp3) is 0. The van der Waals surface area contributed by atoms with Crippen molar-refractivity contribution in [1.82, 2.24) is 4.57 Å². The lowest BCUT2D eigenvalue weighted by atomic mass is 9.97. The number of aromatic nitrogens is 1. The predicted molar refractivity (Wildman–Crippen MR) is 106 cm³/mol. The quantitative estimate of drug-likeness (QED) is 0.289. The largest absolute Gasteiger partial charge is 0.323 e. The van der Waals surface area contributed by atoms with Gasteiger partial charge in [-0.1, -0.05) is 70.5 Å². The van der Waals surface area contributed by atoms with Crippen LogP contribution in [0.2, 0.25) is 0 Å². The standard InChI is InChI=1S/C22H14BrN/c23-21-12-6-11-18-16-9-4-5-10-17(16)19-13-24(14-20(19)22(18)21)15-7-2-1-3-8-15/h1-14H. The van der Waals surface area contributed by atoms with E-state index in [2.05, 4.69) is 99.6 Å². The topological polar surface area (TPSA) is 4.93 Å². The zero-order chi connectivity index (χ0) is 16.1. The fourth-order valence-corrected chi connectivity index (χ4v) is 4.17. The molecular weight excluding hydrogens is 358 g/mol. The first-order valence-corrected chi connectivity index (χ1v) is 8.78. The van der Waals surface area contributed by atoms with Gasteiger partial charge in [-0.05, 0) is 34.4 Å². The second-order valence-corrected chi connectivity index (χ2v) is 6.89. The Labute approximate surface area is 148 Å². The van der Waals surface area contributed by atoms with Crippen LogP contribution >= 0.6 is 15.9 Å². The zero-order valence-corrected chi connectivity index (χ0v) is 14.5. The van der Waals surface area contributed by atoms with E-state index in [1.165, 1.54) is 38.0 Å². The zero-order valence-electron chi connectivity index (χ0n) is 12.9. The van der Waals surface area contributed by atoms with Crippen LogP contribution < -0.4 is 0 Å². The van der Waals surface area contributed by atoms with Gasteiger partial charge in [-0.15, -0.1) is 0 Å². The number of nitrogens with zero attached hydrogens (tertiary/aromatic N) is 1. The first-order chi connectivity index (χ1) is 11.8. The molecule has 0 saturated heterocycles. The molecule has 0 radical (unpaired) electrons. The maximum Gasteiger partial charge on any atom is 0.0449 e. The molecule has 0 aliphatic carbocycles. The Morgan fingerprint density at radius 2 is 1.17 bits per heavy atom. The molecule has 4 aromatic carbocycles. The minimum Gasteiger partial charge on any atom is -0.323 e. The number of hydrogen-bond acceptors (Lipinski definition) is 0. The molecule has 114 valence electrons. The summed E-state index contributed by atoms with van der Waals surface area (Å²) in [7, 11) is 0. The average molecular weight is 372 g/mol. The summed E-state index contributed by atoms with van der Waals surface area (Å²) in [4.78, 5) is 0. The van der Waals surface area contributed by atoms with Crippen molar-refractivity contribution in [2.45, 2.75) is 0 Å². The van der Waals surface area contributed by atoms with Gasteiger partial charge >= 0.3 is 0 Å². The third-order valence-electron chi connectivity index (χ3n) is 4.67. The molecule has 1 heterocycles. The molecule has 0 bridgehead atoms. The van der Waals surface area contributed by atoms with Crippen LogP contribution in [0.15, 0.2) is 89.7 Å².